The van der Waals surface area contributed by atoms with E-state index in [-0.39, 0.29) is 0 Å². The maximum Gasteiger partial charge on any atom is 0.136 e. The summed E-state index contributed by atoms with van der Waals surface area (Å²) in [6.07, 6.45) is 0. The number of aryl methyl sites for hydroxylation is 2. The fraction of sp³-hybridized carbons (Fsp3) is 0.200. The van der Waals surface area contributed by atoms with Crippen molar-refractivity contribution in [1.82, 2.24) is 0 Å². The van der Waals surface area contributed by atoms with Crippen LogP contribution in [-0.4, -0.2) is 0 Å². The molecule has 0 unspecified atom stereocenters. The molecule has 0 aliphatic rings. The molecular formula is C15H14BrClO. The van der Waals surface area contributed by atoms with Crippen molar-refractivity contribution in [3.05, 3.63) is 62.6 Å². The van der Waals surface area contributed by atoms with Crippen LogP contribution in [-0.2, 0) is 6.61 Å². The zero-order valence-corrected chi connectivity index (χ0v) is 12.7. The van der Waals surface area contributed by atoms with Gasteiger partial charge in [-0.05, 0) is 53.0 Å². The molecule has 0 amide bonds. The fourth-order valence-electron chi connectivity index (χ4n) is 1.85. The van der Waals surface area contributed by atoms with Crippen molar-refractivity contribution in [2.24, 2.45) is 0 Å². The molecule has 0 atom stereocenters. The van der Waals surface area contributed by atoms with Gasteiger partial charge in [-0.25, -0.2) is 0 Å². The summed E-state index contributed by atoms with van der Waals surface area (Å²) >= 11 is 9.64. The molecule has 0 spiro atoms. The van der Waals surface area contributed by atoms with Crippen LogP contribution >= 0.6 is 27.5 Å². The summed E-state index contributed by atoms with van der Waals surface area (Å²) < 4.78 is 6.84. The molecule has 0 aromatic heterocycles. The summed E-state index contributed by atoms with van der Waals surface area (Å²) in [5, 5.41) is 0.735. The van der Waals surface area contributed by atoms with E-state index in [9.17, 15) is 0 Å². The van der Waals surface area contributed by atoms with Gasteiger partial charge in [0.05, 0.1) is 4.47 Å². The minimum Gasteiger partial charge on any atom is -0.487 e. The highest BCUT2D eigenvalue weighted by Gasteiger charge is 2.07. The Morgan fingerprint density at radius 3 is 2.56 bits per heavy atom. The summed E-state index contributed by atoms with van der Waals surface area (Å²) in [6, 6.07) is 11.9. The van der Waals surface area contributed by atoms with E-state index in [4.69, 9.17) is 16.3 Å². The molecule has 0 aliphatic heterocycles. The average Bonchev–Trinajstić information content (AvgIpc) is 2.30. The molecule has 0 heterocycles. The first-order valence-corrected chi connectivity index (χ1v) is 6.88. The van der Waals surface area contributed by atoms with Crippen molar-refractivity contribution < 1.29 is 4.74 Å². The molecule has 0 radical (unpaired) electrons. The second kappa shape index (κ2) is 5.77. The molecule has 3 heteroatoms. The van der Waals surface area contributed by atoms with Gasteiger partial charge in [-0.15, -0.1) is 0 Å². The molecule has 0 N–H and O–H groups in total. The highest BCUT2D eigenvalue weighted by Crippen LogP contribution is 2.31. The van der Waals surface area contributed by atoms with Gasteiger partial charge in [-0.2, -0.15) is 0 Å². The Morgan fingerprint density at radius 1 is 1.17 bits per heavy atom. The van der Waals surface area contributed by atoms with Crippen molar-refractivity contribution in [3.8, 4) is 5.75 Å². The van der Waals surface area contributed by atoms with E-state index in [0.29, 0.717) is 6.61 Å². The van der Waals surface area contributed by atoms with Gasteiger partial charge in [-0.1, -0.05) is 35.9 Å². The molecule has 1 nitrogen and oxygen atoms in total. The van der Waals surface area contributed by atoms with Crippen molar-refractivity contribution in [2.75, 3.05) is 0 Å². The van der Waals surface area contributed by atoms with Gasteiger partial charge in [0, 0.05) is 10.6 Å². The predicted octanol–water partition coefficient (Wildman–Crippen LogP) is 5.30. The smallest absolute Gasteiger partial charge is 0.136 e. The number of halogens is 2. The molecule has 94 valence electrons. The summed E-state index contributed by atoms with van der Waals surface area (Å²) in [5.74, 6) is 0.875. The zero-order chi connectivity index (χ0) is 13.1. The standard InChI is InChI=1S/C15H14BrClO/c1-10-7-11(2)15(13(16)8-10)18-9-12-5-3-4-6-14(12)17/h3-8H,9H2,1-2H3. The summed E-state index contributed by atoms with van der Waals surface area (Å²) in [5.41, 5.74) is 3.32. The minimum atomic E-state index is 0.474. The lowest BCUT2D eigenvalue weighted by Gasteiger charge is -2.12. The SMILES string of the molecule is Cc1cc(C)c(OCc2ccccc2Cl)c(Br)c1. The Bertz CT molecular complexity index is 543. The third kappa shape index (κ3) is 3.06. The summed E-state index contributed by atoms with van der Waals surface area (Å²) in [6.45, 7) is 4.58. The summed E-state index contributed by atoms with van der Waals surface area (Å²) in [4.78, 5) is 0. The van der Waals surface area contributed by atoms with Gasteiger partial charge in [0.15, 0.2) is 0 Å². The second-order valence-corrected chi connectivity index (χ2v) is 5.53. The van der Waals surface area contributed by atoms with Crippen LogP contribution in [0.4, 0.5) is 0 Å². The monoisotopic (exact) mass is 324 g/mol. The molecule has 0 fully saturated rings. The van der Waals surface area contributed by atoms with Gasteiger partial charge in [-0.3, -0.25) is 0 Å². The van der Waals surface area contributed by atoms with Crippen LogP contribution in [0.15, 0.2) is 40.9 Å². The van der Waals surface area contributed by atoms with Gasteiger partial charge in [0.2, 0.25) is 0 Å². The van der Waals surface area contributed by atoms with Crippen LogP contribution in [0, 0.1) is 13.8 Å². The third-order valence-electron chi connectivity index (χ3n) is 2.70. The lowest BCUT2D eigenvalue weighted by Crippen LogP contribution is -1.99. The van der Waals surface area contributed by atoms with Crippen molar-refractivity contribution >= 4 is 27.5 Å². The van der Waals surface area contributed by atoms with E-state index in [2.05, 4.69) is 35.0 Å². The van der Waals surface area contributed by atoms with Crippen molar-refractivity contribution in [3.63, 3.8) is 0 Å². The van der Waals surface area contributed by atoms with Crippen LogP contribution in [0.3, 0.4) is 0 Å². The van der Waals surface area contributed by atoms with Gasteiger partial charge in [0.25, 0.3) is 0 Å². The first-order chi connectivity index (χ1) is 8.58. The highest BCUT2D eigenvalue weighted by molar-refractivity contribution is 9.10. The number of benzene rings is 2. The normalized spacial score (nSPS) is 10.4. The quantitative estimate of drug-likeness (QED) is 0.744. The highest BCUT2D eigenvalue weighted by atomic mass is 79.9. The van der Waals surface area contributed by atoms with E-state index >= 15 is 0 Å². The van der Waals surface area contributed by atoms with Crippen LogP contribution < -0.4 is 4.74 Å². The van der Waals surface area contributed by atoms with E-state index in [1.807, 2.05) is 31.2 Å². The van der Waals surface area contributed by atoms with E-state index in [1.165, 1.54) is 5.56 Å². The number of hydrogen-bond acceptors (Lipinski definition) is 1. The third-order valence-corrected chi connectivity index (χ3v) is 3.66. The molecule has 0 aliphatic carbocycles. The molecular weight excluding hydrogens is 312 g/mol. The Morgan fingerprint density at radius 2 is 1.89 bits per heavy atom. The molecule has 18 heavy (non-hydrogen) atoms. The number of rotatable bonds is 3. The molecule has 0 saturated carbocycles. The lowest BCUT2D eigenvalue weighted by atomic mass is 10.1. The Labute approximate surface area is 121 Å². The topological polar surface area (TPSA) is 9.23 Å². The number of hydrogen-bond donors (Lipinski definition) is 0. The fourth-order valence-corrected chi connectivity index (χ4v) is 2.83. The Hall–Kier alpha value is -0.990. The maximum absolute atomic E-state index is 6.10. The van der Waals surface area contributed by atoms with Gasteiger partial charge in [0.1, 0.15) is 12.4 Å². The molecule has 2 rings (SSSR count). The predicted molar refractivity (Wildman–Crippen MR) is 79.4 cm³/mol. The van der Waals surface area contributed by atoms with Crippen LogP contribution in [0.1, 0.15) is 16.7 Å². The zero-order valence-electron chi connectivity index (χ0n) is 10.3. The van der Waals surface area contributed by atoms with E-state index in [1.54, 1.807) is 0 Å². The van der Waals surface area contributed by atoms with Gasteiger partial charge < -0.3 is 4.74 Å². The molecule has 2 aromatic carbocycles. The molecule has 0 saturated heterocycles. The van der Waals surface area contributed by atoms with Crippen molar-refractivity contribution in [1.29, 1.82) is 0 Å². The first-order valence-electron chi connectivity index (χ1n) is 5.71. The van der Waals surface area contributed by atoms with Crippen molar-refractivity contribution in [2.45, 2.75) is 20.5 Å². The first kappa shape index (κ1) is 13.4. The minimum absolute atomic E-state index is 0.474. The van der Waals surface area contributed by atoms with Crippen LogP contribution in [0.2, 0.25) is 5.02 Å². The average molecular weight is 326 g/mol. The Balaban J connectivity index is 2.19. The van der Waals surface area contributed by atoms with Gasteiger partial charge >= 0.3 is 0 Å². The maximum atomic E-state index is 6.10. The van der Waals surface area contributed by atoms with E-state index < -0.39 is 0 Å². The van der Waals surface area contributed by atoms with Crippen LogP contribution in [0.5, 0.6) is 5.75 Å². The summed E-state index contributed by atoms with van der Waals surface area (Å²) in [7, 11) is 0. The largest absolute Gasteiger partial charge is 0.487 e. The lowest BCUT2D eigenvalue weighted by molar-refractivity contribution is 0.302. The molecule has 2 aromatic rings. The Kier molecular flexibility index (Phi) is 4.31. The van der Waals surface area contributed by atoms with Crippen LogP contribution in [0.25, 0.3) is 0 Å². The number of ether oxygens (including phenoxy) is 1. The van der Waals surface area contributed by atoms with E-state index in [0.717, 1.165) is 26.4 Å². The molecule has 0 bridgehead atoms. The second-order valence-electron chi connectivity index (χ2n) is 4.27.